The number of hydrogen-bond donors (Lipinski definition) is 2. The van der Waals surface area contributed by atoms with E-state index in [-0.39, 0.29) is 13.0 Å². The fourth-order valence-electron chi connectivity index (χ4n) is 2.17. The maximum absolute atomic E-state index is 12.0. The van der Waals surface area contributed by atoms with Crippen molar-refractivity contribution < 1.29 is 24.2 Å². The monoisotopic (exact) mass is 329 g/mol. The zero-order valence-electron chi connectivity index (χ0n) is 13.3. The number of carboxylic acid groups (broad SMARTS) is 1. The smallest absolute Gasteiger partial charge is 0.407 e. The first-order valence-electron chi connectivity index (χ1n) is 7.41. The summed E-state index contributed by atoms with van der Waals surface area (Å²) >= 11 is 0. The summed E-state index contributed by atoms with van der Waals surface area (Å²) in [4.78, 5) is 23.0. The van der Waals surface area contributed by atoms with Gasteiger partial charge in [0.2, 0.25) is 0 Å². The van der Waals surface area contributed by atoms with E-state index in [1.54, 1.807) is 31.4 Å². The van der Waals surface area contributed by atoms with Gasteiger partial charge in [-0.2, -0.15) is 0 Å². The molecular weight excluding hydrogens is 310 g/mol. The van der Waals surface area contributed by atoms with Crippen LogP contribution in [0, 0.1) is 0 Å². The summed E-state index contributed by atoms with van der Waals surface area (Å²) in [5.41, 5.74) is 1.52. The number of alkyl carbamates (subject to hydrolysis) is 1. The Hall–Kier alpha value is -3.02. The number of aliphatic carboxylic acids is 1. The number of carboxylic acids is 1. The van der Waals surface area contributed by atoms with E-state index in [1.807, 2.05) is 30.3 Å². The molecule has 126 valence electrons. The largest absolute Gasteiger partial charge is 0.497 e. The topological polar surface area (TPSA) is 84.9 Å². The number of amides is 1. The fourth-order valence-corrected chi connectivity index (χ4v) is 2.17. The predicted molar refractivity (Wildman–Crippen MR) is 87.8 cm³/mol. The van der Waals surface area contributed by atoms with E-state index in [9.17, 15) is 9.59 Å². The summed E-state index contributed by atoms with van der Waals surface area (Å²) in [6.07, 6.45) is -0.909. The van der Waals surface area contributed by atoms with Crippen LogP contribution < -0.4 is 10.1 Å². The summed E-state index contributed by atoms with van der Waals surface area (Å²) in [5.74, 6) is -0.362. The van der Waals surface area contributed by atoms with E-state index in [1.165, 1.54) is 0 Å². The van der Waals surface area contributed by atoms with Crippen molar-refractivity contribution in [3.8, 4) is 5.75 Å². The average molecular weight is 329 g/mol. The summed E-state index contributed by atoms with van der Waals surface area (Å²) in [7, 11) is 1.54. The average Bonchev–Trinajstić information content (AvgIpc) is 2.60. The van der Waals surface area contributed by atoms with E-state index < -0.39 is 18.1 Å². The van der Waals surface area contributed by atoms with E-state index in [4.69, 9.17) is 14.6 Å². The molecular formula is C18H19NO5. The molecule has 2 rings (SSSR count). The standard InChI is InChI=1S/C18H19NO5/c1-23-15-9-7-14(8-10-15)16(11-17(20)21)19-18(22)24-12-13-5-3-2-4-6-13/h2-10,16H,11-12H2,1H3,(H,19,22)(H,20,21)/t16-/m0/s1. The Morgan fingerprint density at radius 1 is 1.08 bits per heavy atom. The van der Waals surface area contributed by atoms with Crippen molar-refractivity contribution in [3.05, 3.63) is 65.7 Å². The van der Waals surface area contributed by atoms with Crippen molar-refractivity contribution in [2.45, 2.75) is 19.1 Å². The van der Waals surface area contributed by atoms with Gasteiger partial charge in [-0.3, -0.25) is 4.79 Å². The van der Waals surface area contributed by atoms with Gasteiger partial charge in [0.15, 0.2) is 0 Å². The number of methoxy groups -OCH3 is 1. The number of ether oxygens (including phenoxy) is 2. The Morgan fingerprint density at radius 2 is 1.75 bits per heavy atom. The Morgan fingerprint density at radius 3 is 2.33 bits per heavy atom. The van der Waals surface area contributed by atoms with Gasteiger partial charge in [-0.1, -0.05) is 42.5 Å². The van der Waals surface area contributed by atoms with Gasteiger partial charge in [-0.05, 0) is 23.3 Å². The minimum Gasteiger partial charge on any atom is -0.497 e. The molecule has 1 amide bonds. The lowest BCUT2D eigenvalue weighted by atomic mass is 10.0. The highest BCUT2D eigenvalue weighted by Gasteiger charge is 2.19. The molecule has 2 aromatic carbocycles. The lowest BCUT2D eigenvalue weighted by Crippen LogP contribution is -2.30. The van der Waals surface area contributed by atoms with Crippen LogP contribution in [0.5, 0.6) is 5.75 Å². The summed E-state index contributed by atoms with van der Waals surface area (Å²) in [6.45, 7) is 0.120. The molecule has 24 heavy (non-hydrogen) atoms. The molecule has 0 aliphatic carbocycles. The Bertz CT molecular complexity index is 670. The second-order valence-electron chi connectivity index (χ2n) is 5.13. The zero-order valence-corrected chi connectivity index (χ0v) is 13.3. The van der Waals surface area contributed by atoms with Gasteiger partial charge < -0.3 is 19.9 Å². The van der Waals surface area contributed by atoms with Gasteiger partial charge >= 0.3 is 12.1 Å². The minimum absolute atomic E-state index is 0.120. The van der Waals surface area contributed by atoms with E-state index in [2.05, 4.69) is 5.32 Å². The van der Waals surface area contributed by atoms with E-state index >= 15 is 0 Å². The Labute approximate surface area is 140 Å². The number of nitrogens with one attached hydrogen (secondary N) is 1. The van der Waals surface area contributed by atoms with Crippen molar-refractivity contribution in [2.75, 3.05) is 7.11 Å². The van der Waals surface area contributed by atoms with Crippen molar-refractivity contribution >= 4 is 12.1 Å². The number of carbonyl (C=O) groups excluding carboxylic acids is 1. The van der Waals surface area contributed by atoms with Crippen LogP contribution in [0.4, 0.5) is 4.79 Å². The Kier molecular flexibility index (Phi) is 6.19. The summed E-state index contributed by atoms with van der Waals surface area (Å²) < 4.78 is 10.2. The molecule has 0 aliphatic rings. The molecule has 0 aromatic heterocycles. The zero-order chi connectivity index (χ0) is 17.4. The van der Waals surface area contributed by atoms with E-state index in [0.717, 1.165) is 5.56 Å². The summed E-state index contributed by atoms with van der Waals surface area (Å²) in [6, 6.07) is 15.4. The van der Waals surface area contributed by atoms with Crippen LogP contribution in [-0.2, 0) is 16.1 Å². The second kappa shape index (κ2) is 8.57. The van der Waals surface area contributed by atoms with Crippen LogP contribution in [0.2, 0.25) is 0 Å². The first-order chi connectivity index (χ1) is 11.6. The number of carbonyl (C=O) groups is 2. The van der Waals surface area contributed by atoms with Gasteiger partial charge in [0.05, 0.1) is 19.6 Å². The third-order valence-electron chi connectivity index (χ3n) is 3.40. The highest BCUT2D eigenvalue weighted by molar-refractivity contribution is 5.72. The van der Waals surface area contributed by atoms with Crippen LogP contribution >= 0.6 is 0 Å². The number of rotatable bonds is 7. The molecule has 0 aliphatic heterocycles. The van der Waals surface area contributed by atoms with Crippen molar-refractivity contribution in [3.63, 3.8) is 0 Å². The lowest BCUT2D eigenvalue weighted by Gasteiger charge is -2.17. The highest BCUT2D eigenvalue weighted by atomic mass is 16.5. The molecule has 0 saturated carbocycles. The molecule has 0 radical (unpaired) electrons. The van der Waals surface area contributed by atoms with Gasteiger partial charge in [0.1, 0.15) is 12.4 Å². The molecule has 0 saturated heterocycles. The molecule has 0 fully saturated rings. The molecule has 0 bridgehead atoms. The first kappa shape index (κ1) is 17.3. The number of hydrogen-bond acceptors (Lipinski definition) is 4. The third kappa shape index (κ3) is 5.31. The molecule has 2 aromatic rings. The fraction of sp³-hybridized carbons (Fsp3) is 0.222. The summed E-state index contributed by atoms with van der Waals surface area (Å²) in [5, 5.41) is 11.6. The van der Waals surface area contributed by atoms with Crippen molar-refractivity contribution in [1.82, 2.24) is 5.32 Å². The molecule has 6 nitrogen and oxygen atoms in total. The van der Waals surface area contributed by atoms with E-state index in [0.29, 0.717) is 11.3 Å². The molecule has 0 heterocycles. The maximum atomic E-state index is 12.0. The Balaban J connectivity index is 1.99. The molecule has 0 unspecified atom stereocenters. The van der Waals surface area contributed by atoms with Gasteiger partial charge in [0, 0.05) is 0 Å². The molecule has 2 N–H and O–H groups in total. The quantitative estimate of drug-likeness (QED) is 0.815. The van der Waals surface area contributed by atoms with Gasteiger partial charge in [0.25, 0.3) is 0 Å². The lowest BCUT2D eigenvalue weighted by molar-refractivity contribution is -0.137. The van der Waals surface area contributed by atoms with Crippen LogP contribution in [0.15, 0.2) is 54.6 Å². The molecule has 1 atom stereocenters. The van der Waals surface area contributed by atoms with Gasteiger partial charge in [-0.15, -0.1) is 0 Å². The van der Waals surface area contributed by atoms with Crippen LogP contribution in [0.25, 0.3) is 0 Å². The first-order valence-corrected chi connectivity index (χ1v) is 7.41. The second-order valence-corrected chi connectivity index (χ2v) is 5.13. The molecule has 6 heteroatoms. The predicted octanol–water partition coefficient (Wildman–Crippen LogP) is 3.14. The normalized spacial score (nSPS) is 11.4. The van der Waals surface area contributed by atoms with Crippen molar-refractivity contribution in [2.24, 2.45) is 0 Å². The van der Waals surface area contributed by atoms with Gasteiger partial charge in [-0.25, -0.2) is 4.79 Å². The maximum Gasteiger partial charge on any atom is 0.407 e. The third-order valence-corrected chi connectivity index (χ3v) is 3.40. The number of benzene rings is 2. The SMILES string of the molecule is COc1ccc([C@H](CC(=O)O)NC(=O)OCc2ccccc2)cc1. The van der Waals surface area contributed by atoms with Crippen molar-refractivity contribution in [1.29, 1.82) is 0 Å². The highest BCUT2D eigenvalue weighted by Crippen LogP contribution is 2.20. The molecule has 0 spiro atoms. The van der Waals surface area contributed by atoms with Crippen LogP contribution in [0.3, 0.4) is 0 Å². The minimum atomic E-state index is -1.01. The van der Waals surface area contributed by atoms with Crippen LogP contribution in [-0.4, -0.2) is 24.3 Å². The van der Waals surface area contributed by atoms with Crippen LogP contribution in [0.1, 0.15) is 23.6 Å².